The molecule has 2 amide bonds. The number of amides is 2. The van der Waals surface area contributed by atoms with Crippen LogP contribution in [0.15, 0.2) is 35.7 Å². The Morgan fingerprint density at radius 2 is 1.79 bits per heavy atom. The van der Waals surface area contributed by atoms with Gasteiger partial charge in [0.05, 0.1) is 32.4 Å². The number of rotatable bonds is 6. The summed E-state index contributed by atoms with van der Waals surface area (Å²) in [5.41, 5.74) is 0.525. The summed E-state index contributed by atoms with van der Waals surface area (Å²) in [6.45, 7) is 4.31. The smallest absolute Gasteiger partial charge is 0.251 e. The van der Waals surface area contributed by atoms with Crippen LogP contribution in [0.1, 0.15) is 11.3 Å². The second-order valence-corrected chi connectivity index (χ2v) is 8.25. The van der Waals surface area contributed by atoms with Crippen LogP contribution in [0.25, 0.3) is 0 Å². The quantitative estimate of drug-likeness (QED) is 0.675. The standard InChI is InChI=1S/C21H25N3O4S/c1-27-18-6-5-15(12-19(18)28-2)24-20(25)13-17(21(24)26)23-9-7-22(8-10-23)14-16-4-3-11-29-16/h3-6,11-12,17H,7-10,13-14H2,1-2H3/t17-/m1/s1. The molecule has 2 aliphatic rings. The Kier molecular flexibility index (Phi) is 5.84. The predicted molar refractivity (Wildman–Crippen MR) is 112 cm³/mol. The van der Waals surface area contributed by atoms with E-state index in [1.165, 1.54) is 16.9 Å². The molecule has 0 N–H and O–H groups in total. The second kappa shape index (κ2) is 8.52. The minimum atomic E-state index is -0.389. The van der Waals surface area contributed by atoms with Gasteiger partial charge in [-0.2, -0.15) is 0 Å². The van der Waals surface area contributed by atoms with Gasteiger partial charge in [-0.3, -0.25) is 19.4 Å². The van der Waals surface area contributed by atoms with E-state index in [0.717, 1.165) is 32.7 Å². The molecule has 1 aromatic carbocycles. The molecule has 154 valence electrons. The first-order chi connectivity index (χ1) is 14.1. The average molecular weight is 416 g/mol. The molecule has 0 spiro atoms. The highest BCUT2D eigenvalue weighted by Crippen LogP contribution is 2.34. The maximum absolute atomic E-state index is 13.1. The molecule has 4 rings (SSSR count). The average Bonchev–Trinajstić information content (AvgIpc) is 3.35. The van der Waals surface area contributed by atoms with Crippen molar-refractivity contribution >= 4 is 28.8 Å². The monoisotopic (exact) mass is 415 g/mol. The Bertz CT molecular complexity index is 878. The molecule has 29 heavy (non-hydrogen) atoms. The van der Waals surface area contributed by atoms with E-state index < -0.39 is 0 Å². The Morgan fingerprint density at radius 3 is 2.45 bits per heavy atom. The number of piperazine rings is 1. The second-order valence-electron chi connectivity index (χ2n) is 7.22. The van der Waals surface area contributed by atoms with E-state index >= 15 is 0 Å². The highest BCUT2D eigenvalue weighted by atomic mass is 32.1. The number of carbonyl (C=O) groups is 2. The van der Waals surface area contributed by atoms with Gasteiger partial charge in [0, 0.05) is 43.7 Å². The number of anilines is 1. The van der Waals surface area contributed by atoms with Crippen LogP contribution in [0, 0.1) is 0 Å². The molecule has 8 heteroatoms. The van der Waals surface area contributed by atoms with Gasteiger partial charge in [0.25, 0.3) is 5.91 Å². The zero-order chi connectivity index (χ0) is 20.4. The highest BCUT2D eigenvalue weighted by molar-refractivity contribution is 7.09. The zero-order valence-corrected chi connectivity index (χ0v) is 17.5. The maximum Gasteiger partial charge on any atom is 0.251 e. The molecule has 2 aliphatic heterocycles. The maximum atomic E-state index is 13.1. The van der Waals surface area contributed by atoms with Gasteiger partial charge in [-0.05, 0) is 23.6 Å². The van der Waals surface area contributed by atoms with Crippen LogP contribution in [0.4, 0.5) is 5.69 Å². The number of carbonyl (C=O) groups excluding carboxylic acids is 2. The molecule has 2 saturated heterocycles. The van der Waals surface area contributed by atoms with Gasteiger partial charge in [0.15, 0.2) is 11.5 Å². The zero-order valence-electron chi connectivity index (χ0n) is 16.7. The molecule has 0 saturated carbocycles. The van der Waals surface area contributed by atoms with E-state index in [1.54, 1.807) is 36.6 Å². The topological polar surface area (TPSA) is 62.3 Å². The lowest BCUT2D eigenvalue weighted by molar-refractivity contribution is -0.123. The third-order valence-electron chi connectivity index (χ3n) is 5.56. The summed E-state index contributed by atoms with van der Waals surface area (Å²) in [6.07, 6.45) is 0.220. The molecule has 2 fully saturated rings. The number of hydrogen-bond acceptors (Lipinski definition) is 7. The minimum Gasteiger partial charge on any atom is -0.493 e. The molecule has 0 unspecified atom stereocenters. The first kappa shape index (κ1) is 19.9. The first-order valence-electron chi connectivity index (χ1n) is 9.68. The van der Waals surface area contributed by atoms with Crippen LogP contribution in [0.2, 0.25) is 0 Å². The van der Waals surface area contributed by atoms with Crippen molar-refractivity contribution in [2.45, 2.75) is 19.0 Å². The van der Waals surface area contributed by atoms with Gasteiger partial charge in [-0.15, -0.1) is 11.3 Å². The third-order valence-corrected chi connectivity index (χ3v) is 6.42. The van der Waals surface area contributed by atoms with Crippen LogP contribution in [0.5, 0.6) is 11.5 Å². The molecule has 1 aromatic heterocycles. The summed E-state index contributed by atoms with van der Waals surface area (Å²) in [6, 6.07) is 8.94. The van der Waals surface area contributed by atoms with Gasteiger partial charge in [-0.25, -0.2) is 4.90 Å². The molecule has 1 atom stereocenters. The third kappa shape index (κ3) is 4.01. The Morgan fingerprint density at radius 1 is 1.03 bits per heavy atom. The fourth-order valence-corrected chi connectivity index (χ4v) is 4.74. The fourth-order valence-electron chi connectivity index (χ4n) is 3.99. The summed E-state index contributed by atoms with van der Waals surface area (Å²) in [5.74, 6) is 0.729. The number of nitrogens with zero attached hydrogens (tertiary/aromatic N) is 3. The predicted octanol–water partition coefficient (Wildman–Crippen LogP) is 2.21. The van der Waals surface area contributed by atoms with Crippen molar-refractivity contribution < 1.29 is 19.1 Å². The van der Waals surface area contributed by atoms with E-state index in [1.807, 2.05) is 0 Å². The highest BCUT2D eigenvalue weighted by Gasteiger charge is 2.43. The summed E-state index contributed by atoms with van der Waals surface area (Å²) < 4.78 is 10.6. The largest absolute Gasteiger partial charge is 0.493 e. The summed E-state index contributed by atoms with van der Waals surface area (Å²) in [5, 5.41) is 2.09. The van der Waals surface area contributed by atoms with E-state index in [9.17, 15) is 9.59 Å². The van der Waals surface area contributed by atoms with Crippen molar-refractivity contribution in [3.8, 4) is 11.5 Å². The van der Waals surface area contributed by atoms with Crippen molar-refractivity contribution in [2.24, 2.45) is 0 Å². The Balaban J connectivity index is 1.42. The SMILES string of the molecule is COc1ccc(N2C(=O)C[C@@H](N3CCN(Cc4cccs4)CC3)C2=O)cc1OC. The summed E-state index contributed by atoms with van der Waals surface area (Å²) in [4.78, 5) is 32.9. The summed E-state index contributed by atoms with van der Waals surface area (Å²) >= 11 is 1.77. The number of benzene rings is 1. The van der Waals surface area contributed by atoms with E-state index in [4.69, 9.17) is 9.47 Å². The van der Waals surface area contributed by atoms with Gasteiger partial charge in [0.2, 0.25) is 5.91 Å². The van der Waals surface area contributed by atoms with Crippen LogP contribution in [-0.2, 0) is 16.1 Å². The van der Waals surface area contributed by atoms with Crippen LogP contribution in [0.3, 0.4) is 0 Å². The molecule has 0 bridgehead atoms. The lowest BCUT2D eigenvalue weighted by Crippen LogP contribution is -2.52. The molecule has 0 aliphatic carbocycles. The van der Waals surface area contributed by atoms with Crippen molar-refractivity contribution in [3.05, 3.63) is 40.6 Å². The number of thiophene rings is 1. The van der Waals surface area contributed by atoms with Crippen molar-refractivity contribution in [2.75, 3.05) is 45.3 Å². The number of imide groups is 1. The minimum absolute atomic E-state index is 0.158. The number of ether oxygens (including phenoxy) is 2. The number of methoxy groups -OCH3 is 2. The lowest BCUT2D eigenvalue weighted by Gasteiger charge is -2.36. The Labute approximate surface area is 174 Å². The van der Waals surface area contributed by atoms with Gasteiger partial charge in [0.1, 0.15) is 0 Å². The van der Waals surface area contributed by atoms with Crippen molar-refractivity contribution in [3.63, 3.8) is 0 Å². The van der Waals surface area contributed by atoms with Crippen molar-refractivity contribution in [1.29, 1.82) is 0 Å². The first-order valence-corrected chi connectivity index (χ1v) is 10.6. The Hall–Kier alpha value is -2.42. The number of hydrogen-bond donors (Lipinski definition) is 0. The van der Waals surface area contributed by atoms with E-state index in [2.05, 4.69) is 27.3 Å². The van der Waals surface area contributed by atoms with Crippen LogP contribution < -0.4 is 14.4 Å². The van der Waals surface area contributed by atoms with Gasteiger partial charge in [-0.1, -0.05) is 6.07 Å². The molecule has 2 aromatic rings. The molecule has 7 nitrogen and oxygen atoms in total. The van der Waals surface area contributed by atoms with Crippen molar-refractivity contribution in [1.82, 2.24) is 9.80 Å². The molecular weight excluding hydrogens is 390 g/mol. The summed E-state index contributed by atoms with van der Waals surface area (Å²) in [7, 11) is 3.09. The van der Waals surface area contributed by atoms with Crippen LogP contribution >= 0.6 is 11.3 Å². The van der Waals surface area contributed by atoms with Gasteiger partial charge >= 0.3 is 0 Å². The molecule has 3 heterocycles. The molecule has 0 radical (unpaired) electrons. The van der Waals surface area contributed by atoms with Crippen LogP contribution in [-0.4, -0.2) is 68.1 Å². The van der Waals surface area contributed by atoms with E-state index in [0.29, 0.717) is 17.2 Å². The normalized spacial score (nSPS) is 21.0. The fraction of sp³-hybridized carbons (Fsp3) is 0.429. The van der Waals surface area contributed by atoms with Gasteiger partial charge < -0.3 is 9.47 Å². The van der Waals surface area contributed by atoms with E-state index in [-0.39, 0.29) is 24.3 Å². The molecular formula is C21H25N3O4S. The lowest BCUT2D eigenvalue weighted by atomic mass is 10.1.